The lowest BCUT2D eigenvalue weighted by Gasteiger charge is -2.40. The summed E-state index contributed by atoms with van der Waals surface area (Å²) in [7, 11) is -1.30. The molecule has 1 aliphatic heterocycles. The number of aromatic nitrogens is 1. The first-order chi connectivity index (χ1) is 11.3. The lowest BCUT2D eigenvalue weighted by Crippen LogP contribution is -2.47. The Kier molecular flexibility index (Phi) is 5.00. The van der Waals surface area contributed by atoms with Crippen molar-refractivity contribution in [2.45, 2.75) is 49.0 Å². The number of fused-ring (bicyclic) bond motifs is 1. The van der Waals surface area contributed by atoms with E-state index in [0.717, 1.165) is 10.2 Å². The van der Waals surface area contributed by atoms with E-state index in [9.17, 15) is 9.00 Å². The van der Waals surface area contributed by atoms with E-state index in [1.807, 2.05) is 24.3 Å². The average molecular weight is 369 g/mol. The van der Waals surface area contributed by atoms with Crippen molar-refractivity contribution < 1.29 is 23.6 Å². The summed E-state index contributed by atoms with van der Waals surface area (Å²) in [5.41, 5.74) is 0.836. The van der Waals surface area contributed by atoms with Gasteiger partial charge in [0.1, 0.15) is 0 Å². The van der Waals surface area contributed by atoms with Crippen LogP contribution in [-0.2, 0) is 25.1 Å². The fraction of sp³-hybridized carbons (Fsp3) is 0.500. The second-order valence-electron chi connectivity index (χ2n) is 6.17. The number of carboxylic acid groups (broad SMARTS) is 1. The van der Waals surface area contributed by atoms with Gasteiger partial charge in [-0.15, -0.1) is 11.3 Å². The topological polar surface area (TPSA) is 85.7 Å². The molecule has 0 radical (unpaired) electrons. The van der Waals surface area contributed by atoms with Gasteiger partial charge in [0.05, 0.1) is 45.4 Å². The molecule has 1 N–H and O–H groups in total. The van der Waals surface area contributed by atoms with Crippen LogP contribution in [0.4, 0.5) is 0 Å². The zero-order chi connectivity index (χ0) is 17.3. The molecule has 3 atom stereocenters. The van der Waals surface area contributed by atoms with Crippen molar-refractivity contribution in [3.63, 3.8) is 0 Å². The van der Waals surface area contributed by atoms with Crippen molar-refractivity contribution in [2.75, 3.05) is 5.75 Å². The van der Waals surface area contributed by atoms with Gasteiger partial charge >= 0.3 is 5.97 Å². The molecule has 1 aliphatic rings. The minimum absolute atomic E-state index is 0.0862. The third-order valence-corrected chi connectivity index (χ3v) is 6.43. The lowest BCUT2D eigenvalue weighted by atomic mass is 10.1. The van der Waals surface area contributed by atoms with Crippen LogP contribution < -0.4 is 0 Å². The van der Waals surface area contributed by atoms with Gasteiger partial charge in [0.2, 0.25) is 0 Å². The predicted octanol–water partition coefficient (Wildman–Crippen LogP) is 2.79. The summed E-state index contributed by atoms with van der Waals surface area (Å²) >= 11 is 1.41. The summed E-state index contributed by atoms with van der Waals surface area (Å²) in [5.74, 6) is -1.52. The zero-order valence-electron chi connectivity index (χ0n) is 13.4. The Bertz CT molecular complexity index is 740. The second kappa shape index (κ2) is 6.87. The molecule has 8 heteroatoms. The van der Waals surface area contributed by atoms with Gasteiger partial charge < -0.3 is 14.6 Å². The Morgan fingerprint density at radius 3 is 2.79 bits per heavy atom. The van der Waals surface area contributed by atoms with Crippen LogP contribution in [-0.4, -0.2) is 44.0 Å². The van der Waals surface area contributed by atoms with Crippen LogP contribution >= 0.6 is 11.3 Å². The molecular weight excluding hydrogens is 350 g/mol. The van der Waals surface area contributed by atoms with E-state index in [1.165, 1.54) is 11.3 Å². The molecule has 1 fully saturated rings. The van der Waals surface area contributed by atoms with Crippen molar-refractivity contribution in [2.24, 2.45) is 0 Å². The Morgan fingerprint density at radius 1 is 1.38 bits per heavy atom. The molecule has 2 heterocycles. The van der Waals surface area contributed by atoms with Gasteiger partial charge in [-0.3, -0.25) is 9.00 Å². The third-order valence-electron chi connectivity index (χ3n) is 3.64. The highest BCUT2D eigenvalue weighted by Crippen LogP contribution is 2.30. The van der Waals surface area contributed by atoms with Crippen LogP contribution in [0.3, 0.4) is 0 Å². The van der Waals surface area contributed by atoms with Crippen LogP contribution in [0.2, 0.25) is 0 Å². The Balaban J connectivity index is 1.71. The number of benzene rings is 1. The molecule has 0 aliphatic carbocycles. The molecule has 0 saturated carbocycles. The van der Waals surface area contributed by atoms with Crippen molar-refractivity contribution in [1.29, 1.82) is 0 Å². The average Bonchev–Trinajstić information content (AvgIpc) is 2.88. The number of nitrogens with zero attached hydrogens (tertiary/aromatic N) is 1. The molecule has 130 valence electrons. The van der Waals surface area contributed by atoms with E-state index < -0.39 is 28.7 Å². The smallest absolute Gasteiger partial charge is 0.305 e. The van der Waals surface area contributed by atoms with Gasteiger partial charge in [0.15, 0.2) is 10.1 Å². The van der Waals surface area contributed by atoms with E-state index in [-0.39, 0.29) is 18.3 Å². The number of aliphatic carboxylic acids is 1. The molecule has 6 nitrogen and oxygen atoms in total. The number of hydrogen-bond donors (Lipinski definition) is 1. The zero-order valence-corrected chi connectivity index (χ0v) is 15.1. The highest BCUT2D eigenvalue weighted by atomic mass is 32.2. The number of carbonyl (C=O) groups is 1. The minimum Gasteiger partial charge on any atom is -0.481 e. The van der Waals surface area contributed by atoms with Crippen LogP contribution in [0.15, 0.2) is 28.6 Å². The number of carboxylic acids is 1. The van der Waals surface area contributed by atoms with Crippen molar-refractivity contribution >= 4 is 38.3 Å². The molecule has 1 saturated heterocycles. The monoisotopic (exact) mass is 369 g/mol. The summed E-state index contributed by atoms with van der Waals surface area (Å²) in [6.45, 7) is 3.49. The fourth-order valence-corrected chi connectivity index (χ4v) is 5.26. The van der Waals surface area contributed by atoms with E-state index in [0.29, 0.717) is 10.8 Å². The Morgan fingerprint density at radius 2 is 2.08 bits per heavy atom. The molecule has 0 spiro atoms. The lowest BCUT2D eigenvalue weighted by molar-refractivity contribution is -0.295. The molecule has 3 rings (SSSR count). The first-order valence-electron chi connectivity index (χ1n) is 7.64. The minimum atomic E-state index is -1.30. The van der Waals surface area contributed by atoms with E-state index in [1.54, 1.807) is 13.8 Å². The maximum atomic E-state index is 12.6. The van der Waals surface area contributed by atoms with Gasteiger partial charge in [-0.2, -0.15) is 0 Å². The molecule has 2 aromatic rings. The molecule has 24 heavy (non-hydrogen) atoms. The van der Waals surface area contributed by atoms with Gasteiger partial charge in [0, 0.05) is 6.42 Å². The maximum absolute atomic E-state index is 12.6. The molecule has 1 aromatic carbocycles. The van der Waals surface area contributed by atoms with Crippen LogP contribution in [0.5, 0.6) is 0 Å². The van der Waals surface area contributed by atoms with Crippen molar-refractivity contribution in [3.05, 3.63) is 24.3 Å². The van der Waals surface area contributed by atoms with E-state index in [2.05, 4.69) is 4.98 Å². The number of ether oxygens (including phenoxy) is 2. The van der Waals surface area contributed by atoms with Gasteiger partial charge in [-0.25, -0.2) is 4.98 Å². The normalized spacial score (nSPS) is 24.8. The Hall–Kier alpha value is -1.35. The number of para-hydroxylation sites is 1. The summed E-state index contributed by atoms with van der Waals surface area (Å²) < 4.78 is 25.7. The second-order valence-corrected chi connectivity index (χ2v) is 8.87. The first kappa shape index (κ1) is 17.5. The summed E-state index contributed by atoms with van der Waals surface area (Å²) in [6.07, 6.45) is -0.446. The number of rotatable bonds is 5. The summed E-state index contributed by atoms with van der Waals surface area (Å²) in [6, 6.07) is 7.66. The highest BCUT2D eigenvalue weighted by molar-refractivity contribution is 7.87. The third kappa shape index (κ3) is 4.18. The fourth-order valence-electron chi connectivity index (χ4n) is 2.83. The summed E-state index contributed by atoms with van der Waals surface area (Å²) in [4.78, 5) is 15.4. The Labute approximate surface area is 146 Å². The van der Waals surface area contributed by atoms with Gasteiger partial charge in [-0.05, 0) is 26.0 Å². The van der Waals surface area contributed by atoms with Crippen molar-refractivity contribution in [3.8, 4) is 0 Å². The van der Waals surface area contributed by atoms with Crippen molar-refractivity contribution in [1.82, 2.24) is 4.98 Å². The quantitative estimate of drug-likeness (QED) is 0.872. The van der Waals surface area contributed by atoms with Crippen LogP contribution in [0.25, 0.3) is 10.2 Å². The highest BCUT2D eigenvalue weighted by Gasteiger charge is 2.37. The number of hydrogen-bond acceptors (Lipinski definition) is 6. The maximum Gasteiger partial charge on any atom is 0.305 e. The standard InChI is InChI=1S/C16H19NO5S2/c1-16(2)21-10(8-14(18)19)7-11(22-16)9-24(20)15-17-12-5-3-4-6-13(12)23-15/h3-6,10-11H,7-9H2,1-2H3,(H,18,19)/t10-,11+,24?/m1/s1. The van der Waals surface area contributed by atoms with E-state index in [4.69, 9.17) is 14.6 Å². The summed E-state index contributed by atoms with van der Waals surface area (Å²) in [5, 5.41) is 8.97. The largest absolute Gasteiger partial charge is 0.481 e. The molecule has 1 unspecified atom stereocenters. The predicted molar refractivity (Wildman–Crippen MR) is 91.6 cm³/mol. The van der Waals surface area contributed by atoms with Crippen LogP contribution in [0, 0.1) is 0 Å². The van der Waals surface area contributed by atoms with E-state index >= 15 is 0 Å². The van der Waals surface area contributed by atoms with Gasteiger partial charge in [-0.1, -0.05) is 12.1 Å². The molecule has 0 bridgehead atoms. The molecular formula is C16H19NO5S2. The number of thiazole rings is 1. The van der Waals surface area contributed by atoms with Gasteiger partial charge in [0.25, 0.3) is 0 Å². The van der Waals surface area contributed by atoms with Crippen LogP contribution in [0.1, 0.15) is 26.7 Å². The molecule has 1 aromatic heterocycles. The first-order valence-corrected chi connectivity index (χ1v) is 9.77. The SMILES string of the molecule is CC1(C)O[C@@H](CC(=O)O)C[C@@H](CS(=O)c2nc3ccccc3s2)O1. The molecule has 0 amide bonds.